The maximum Gasteiger partial charge on any atom is 0.224 e. The maximum absolute atomic E-state index is 11.8. The number of hydrogen-bond acceptors (Lipinski definition) is 4. The Kier molecular flexibility index (Phi) is 4.77. The van der Waals surface area contributed by atoms with Crippen LogP contribution < -0.4 is 10.6 Å². The van der Waals surface area contributed by atoms with E-state index >= 15 is 0 Å². The first-order chi connectivity index (χ1) is 9.45. The summed E-state index contributed by atoms with van der Waals surface area (Å²) in [6.45, 7) is 2.01. The molecule has 0 spiro atoms. The summed E-state index contributed by atoms with van der Waals surface area (Å²) >= 11 is 0. The van der Waals surface area contributed by atoms with Gasteiger partial charge >= 0.3 is 0 Å². The van der Waals surface area contributed by atoms with Crippen LogP contribution in [0.4, 0.5) is 5.69 Å². The lowest BCUT2D eigenvalue weighted by molar-refractivity contribution is -0.116. The molecule has 0 bridgehead atoms. The monoisotopic (exact) mass is 296 g/mol. The number of nitrogens with one attached hydrogen (secondary N) is 2. The maximum atomic E-state index is 11.8. The number of hydrogen-bond donors (Lipinski definition) is 2. The molecule has 0 aliphatic carbocycles. The topological polar surface area (TPSA) is 75.3 Å². The molecule has 110 valence electrons. The summed E-state index contributed by atoms with van der Waals surface area (Å²) in [6.07, 6.45) is 3.61. The third-order valence-electron chi connectivity index (χ3n) is 3.49. The number of benzene rings is 1. The van der Waals surface area contributed by atoms with E-state index in [1.165, 1.54) is 12.1 Å². The second-order valence-corrected chi connectivity index (χ2v) is 7.26. The van der Waals surface area contributed by atoms with Gasteiger partial charge < -0.3 is 10.6 Å². The smallest absolute Gasteiger partial charge is 0.224 e. The molecule has 20 heavy (non-hydrogen) atoms. The Bertz CT molecular complexity index is 578. The van der Waals surface area contributed by atoms with Gasteiger partial charge in [-0.15, -0.1) is 0 Å². The molecule has 5 nitrogen and oxygen atoms in total. The Hall–Kier alpha value is -1.40. The summed E-state index contributed by atoms with van der Waals surface area (Å²) in [5.74, 6) is 0.505. The Morgan fingerprint density at radius 3 is 2.90 bits per heavy atom. The van der Waals surface area contributed by atoms with Crippen molar-refractivity contribution in [1.82, 2.24) is 5.32 Å². The largest absolute Gasteiger partial charge is 0.326 e. The third-order valence-corrected chi connectivity index (χ3v) is 4.60. The lowest BCUT2D eigenvalue weighted by Gasteiger charge is -2.09. The Morgan fingerprint density at radius 1 is 1.45 bits per heavy atom. The molecule has 1 unspecified atom stereocenters. The lowest BCUT2D eigenvalue weighted by Crippen LogP contribution is -2.15. The molecule has 6 heteroatoms. The van der Waals surface area contributed by atoms with Gasteiger partial charge in [0.25, 0.3) is 0 Å². The average molecular weight is 296 g/mol. The summed E-state index contributed by atoms with van der Waals surface area (Å²) in [5, 5.41) is 6.03. The van der Waals surface area contributed by atoms with E-state index in [1.807, 2.05) is 0 Å². The normalized spacial score (nSPS) is 18.9. The zero-order valence-electron chi connectivity index (χ0n) is 11.6. The van der Waals surface area contributed by atoms with Crippen molar-refractivity contribution in [2.24, 2.45) is 5.92 Å². The van der Waals surface area contributed by atoms with E-state index in [0.29, 0.717) is 18.0 Å². The van der Waals surface area contributed by atoms with Crippen LogP contribution in [0.3, 0.4) is 0 Å². The molecule has 1 aromatic carbocycles. The van der Waals surface area contributed by atoms with E-state index in [-0.39, 0.29) is 10.8 Å². The molecule has 0 saturated carbocycles. The summed E-state index contributed by atoms with van der Waals surface area (Å²) in [7, 11) is -3.25. The minimum absolute atomic E-state index is 0.0671. The van der Waals surface area contributed by atoms with Crippen LogP contribution in [0.15, 0.2) is 29.2 Å². The SMILES string of the molecule is CS(=O)(=O)c1cccc(NC(=O)CCC2CCNC2)c1. The van der Waals surface area contributed by atoms with E-state index in [4.69, 9.17) is 0 Å². The minimum Gasteiger partial charge on any atom is -0.326 e. The van der Waals surface area contributed by atoms with Gasteiger partial charge in [0.1, 0.15) is 0 Å². The van der Waals surface area contributed by atoms with E-state index in [1.54, 1.807) is 12.1 Å². The molecule has 1 aliphatic heterocycles. The molecule has 1 aromatic rings. The van der Waals surface area contributed by atoms with Crippen LogP contribution in [0.25, 0.3) is 0 Å². The molecule has 1 saturated heterocycles. The lowest BCUT2D eigenvalue weighted by atomic mass is 10.0. The molecule has 1 aliphatic rings. The average Bonchev–Trinajstić information content (AvgIpc) is 2.89. The molecule has 1 amide bonds. The minimum atomic E-state index is -3.25. The molecular formula is C14H20N2O3S. The highest BCUT2D eigenvalue weighted by molar-refractivity contribution is 7.90. The van der Waals surface area contributed by atoms with Gasteiger partial charge in [0.15, 0.2) is 9.84 Å². The Balaban J connectivity index is 1.90. The van der Waals surface area contributed by atoms with Crippen molar-refractivity contribution in [2.45, 2.75) is 24.2 Å². The first kappa shape index (κ1) is 15.0. The van der Waals surface area contributed by atoms with Gasteiger partial charge in [0, 0.05) is 18.4 Å². The van der Waals surface area contributed by atoms with Crippen LogP contribution in [0.1, 0.15) is 19.3 Å². The first-order valence-electron chi connectivity index (χ1n) is 6.76. The zero-order chi connectivity index (χ0) is 14.6. The van der Waals surface area contributed by atoms with Gasteiger partial charge in [-0.1, -0.05) is 6.07 Å². The van der Waals surface area contributed by atoms with Crippen molar-refractivity contribution in [3.63, 3.8) is 0 Å². The van der Waals surface area contributed by atoms with Crippen LogP contribution in [0.2, 0.25) is 0 Å². The van der Waals surface area contributed by atoms with E-state index in [2.05, 4.69) is 10.6 Å². The number of sulfone groups is 1. The van der Waals surface area contributed by atoms with Gasteiger partial charge in [-0.25, -0.2) is 8.42 Å². The number of carbonyl (C=O) groups is 1. The van der Waals surface area contributed by atoms with Crippen molar-refractivity contribution in [2.75, 3.05) is 24.7 Å². The molecule has 1 heterocycles. The molecule has 1 fully saturated rings. The Labute approximate surface area is 119 Å². The van der Waals surface area contributed by atoms with Crippen molar-refractivity contribution in [1.29, 1.82) is 0 Å². The van der Waals surface area contributed by atoms with Crippen LogP contribution in [-0.4, -0.2) is 33.7 Å². The molecular weight excluding hydrogens is 276 g/mol. The molecule has 0 radical (unpaired) electrons. The quantitative estimate of drug-likeness (QED) is 0.861. The highest BCUT2D eigenvalue weighted by atomic mass is 32.2. The number of amides is 1. The van der Waals surface area contributed by atoms with Gasteiger partial charge in [-0.2, -0.15) is 0 Å². The molecule has 2 N–H and O–H groups in total. The van der Waals surface area contributed by atoms with Gasteiger partial charge in [-0.3, -0.25) is 4.79 Å². The summed E-state index contributed by atoms with van der Waals surface area (Å²) in [5.41, 5.74) is 0.530. The van der Waals surface area contributed by atoms with Gasteiger partial charge in [-0.05, 0) is 50.0 Å². The van der Waals surface area contributed by atoms with Crippen LogP contribution in [0, 0.1) is 5.92 Å². The first-order valence-corrected chi connectivity index (χ1v) is 8.65. The van der Waals surface area contributed by atoms with Crippen LogP contribution in [-0.2, 0) is 14.6 Å². The molecule has 0 aromatic heterocycles. The standard InChI is InChI=1S/C14H20N2O3S/c1-20(18,19)13-4-2-3-12(9-13)16-14(17)6-5-11-7-8-15-10-11/h2-4,9,11,15H,5-8,10H2,1H3,(H,16,17). The van der Waals surface area contributed by atoms with Crippen molar-refractivity contribution >= 4 is 21.4 Å². The zero-order valence-corrected chi connectivity index (χ0v) is 12.4. The molecule has 2 rings (SSSR count). The fraction of sp³-hybridized carbons (Fsp3) is 0.500. The van der Waals surface area contributed by atoms with Gasteiger partial charge in [0.05, 0.1) is 4.90 Å². The summed E-state index contributed by atoms with van der Waals surface area (Å²) < 4.78 is 22.9. The molecule has 1 atom stereocenters. The van der Waals surface area contributed by atoms with E-state index in [9.17, 15) is 13.2 Å². The summed E-state index contributed by atoms with van der Waals surface area (Å²) in [4.78, 5) is 12.1. The fourth-order valence-corrected chi connectivity index (χ4v) is 2.99. The number of anilines is 1. The second kappa shape index (κ2) is 6.37. The van der Waals surface area contributed by atoms with Crippen molar-refractivity contribution in [3.05, 3.63) is 24.3 Å². The van der Waals surface area contributed by atoms with E-state index < -0.39 is 9.84 Å². The predicted octanol–water partition coefficient (Wildman–Crippen LogP) is 1.42. The highest BCUT2D eigenvalue weighted by Gasteiger charge is 2.16. The predicted molar refractivity (Wildman–Crippen MR) is 78.4 cm³/mol. The fourth-order valence-electron chi connectivity index (χ4n) is 2.32. The highest BCUT2D eigenvalue weighted by Crippen LogP contribution is 2.17. The van der Waals surface area contributed by atoms with Crippen molar-refractivity contribution < 1.29 is 13.2 Å². The van der Waals surface area contributed by atoms with Crippen LogP contribution >= 0.6 is 0 Å². The third kappa shape index (κ3) is 4.31. The number of carbonyl (C=O) groups excluding carboxylic acids is 1. The number of rotatable bonds is 5. The summed E-state index contributed by atoms with van der Waals surface area (Å²) in [6, 6.07) is 6.34. The second-order valence-electron chi connectivity index (χ2n) is 5.25. The Morgan fingerprint density at radius 2 is 2.25 bits per heavy atom. The van der Waals surface area contributed by atoms with Gasteiger partial charge in [0.2, 0.25) is 5.91 Å². The van der Waals surface area contributed by atoms with E-state index in [0.717, 1.165) is 32.2 Å². The van der Waals surface area contributed by atoms with Crippen molar-refractivity contribution in [3.8, 4) is 0 Å². The van der Waals surface area contributed by atoms with Crippen LogP contribution in [0.5, 0.6) is 0 Å².